The minimum absolute atomic E-state index is 0.0426. The predicted octanol–water partition coefficient (Wildman–Crippen LogP) is -1.06. The van der Waals surface area contributed by atoms with Gasteiger partial charge in [0.2, 0.25) is 5.54 Å². The predicted molar refractivity (Wildman–Crippen MR) is 54.3 cm³/mol. The summed E-state index contributed by atoms with van der Waals surface area (Å²) in [6.45, 7) is -0.0996. The Morgan fingerprint density at radius 1 is 1.47 bits per heavy atom. The number of primary amides is 1. The average molecular weight is 246 g/mol. The van der Waals surface area contributed by atoms with E-state index in [0.717, 1.165) is 0 Å². The third-order valence-corrected chi connectivity index (χ3v) is 3.02. The fraction of sp³-hybridized carbons (Fsp3) is 0.667. The van der Waals surface area contributed by atoms with E-state index >= 15 is 0 Å². The van der Waals surface area contributed by atoms with Crippen molar-refractivity contribution in [2.24, 2.45) is 11.7 Å². The van der Waals surface area contributed by atoms with Crippen LogP contribution in [-0.2, 0) is 14.3 Å². The van der Waals surface area contributed by atoms with Crippen molar-refractivity contribution in [3.8, 4) is 0 Å². The molecule has 96 valence electrons. The van der Waals surface area contributed by atoms with Crippen molar-refractivity contribution in [3.05, 3.63) is 0 Å². The topological polar surface area (TPSA) is 130 Å². The van der Waals surface area contributed by atoms with Crippen LogP contribution in [0, 0.1) is 5.92 Å². The smallest absolute Gasteiger partial charge is 0.408 e. The van der Waals surface area contributed by atoms with Crippen LogP contribution in [0.3, 0.4) is 0 Å². The summed E-state index contributed by atoms with van der Waals surface area (Å²) in [5.41, 5.74) is 2.87. The zero-order chi connectivity index (χ0) is 13.2. The molecule has 0 aromatic heterocycles. The number of likely N-dealkylation sites (tertiary alicyclic amines) is 1. The molecule has 1 aliphatic rings. The molecule has 0 aliphatic carbocycles. The number of methoxy groups -OCH3 is 1. The molecule has 0 spiro atoms. The molecule has 0 aromatic carbocycles. The molecule has 0 radical (unpaired) electrons. The maximum Gasteiger partial charge on any atom is 0.408 e. The maximum absolute atomic E-state index is 11.4. The molecule has 0 aromatic rings. The van der Waals surface area contributed by atoms with Crippen molar-refractivity contribution in [1.82, 2.24) is 4.90 Å². The molecule has 17 heavy (non-hydrogen) atoms. The van der Waals surface area contributed by atoms with Crippen LogP contribution in [0.5, 0.6) is 0 Å². The minimum atomic E-state index is -2.23. The largest absolute Gasteiger partial charge is 0.479 e. The number of carboxylic acids is 1. The Morgan fingerprint density at radius 2 is 2.06 bits per heavy atom. The van der Waals surface area contributed by atoms with E-state index < -0.39 is 29.4 Å². The van der Waals surface area contributed by atoms with Crippen molar-refractivity contribution in [2.75, 3.05) is 20.3 Å². The van der Waals surface area contributed by atoms with E-state index in [1.165, 1.54) is 7.11 Å². The Labute approximate surface area is 96.9 Å². The molecule has 8 heteroatoms. The number of carbonyl (C=O) groups is 3. The van der Waals surface area contributed by atoms with Gasteiger partial charge < -0.3 is 20.7 Å². The lowest BCUT2D eigenvalue weighted by Crippen LogP contribution is -2.64. The van der Waals surface area contributed by atoms with Crippen LogP contribution in [0.2, 0.25) is 0 Å². The highest BCUT2D eigenvalue weighted by atomic mass is 16.5. The summed E-state index contributed by atoms with van der Waals surface area (Å²) in [5.74, 6) is -3.53. The van der Waals surface area contributed by atoms with Crippen LogP contribution in [-0.4, -0.2) is 58.9 Å². The number of rotatable bonds is 4. The molecule has 1 aliphatic heterocycles. The summed E-state index contributed by atoms with van der Waals surface area (Å²) < 4.78 is 4.82. The Bertz CT molecular complexity index is 341. The highest BCUT2D eigenvalue weighted by Crippen LogP contribution is 2.35. The summed E-state index contributed by atoms with van der Waals surface area (Å²) in [6, 6.07) is 0. The lowest BCUT2D eigenvalue weighted by atomic mass is 9.84. The second kappa shape index (κ2) is 4.58. The number of nitrogens with two attached hydrogens (primary N) is 1. The van der Waals surface area contributed by atoms with Crippen molar-refractivity contribution >= 4 is 18.0 Å². The zero-order valence-corrected chi connectivity index (χ0v) is 9.25. The molecule has 0 unspecified atom stereocenters. The van der Waals surface area contributed by atoms with Gasteiger partial charge in [0.05, 0.1) is 6.61 Å². The molecule has 1 saturated heterocycles. The molecular formula is C9H14N2O6. The molecule has 0 saturated carbocycles. The maximum atomic E-state index is 11.4. The number of hydrogen-bond acceptors (Lipinski definition) is 4. The highest BCUT2D eigenvalue weighted by Gasteiger charge is 2.61. The van der Waals surface area contributed by atoms with Gasteiger partial charge in [-0.15, -0.1) is 0 Å². The number of nitrogens with zero attached hydrogens (tertiary/aromatic N) is 1. The van der Waals surface area contributed by atoms with Crippen LogP contribution >= 0.6 is 0 Å². The summed E-state index contributed by atoms with van der Waals surface area (Å²) in [7, 11) is 1.34. The normalized spacial score (nSPS) is 28.1. The van der Waals surface area contributed by atoms with Crippen molar-refractivity contribution < 1.29 is 29.3 Å². The number of carboxylic acid groups (broad SMARTS) is 2. The van der Waals surface area contributed by atoms with Gasteiger partial charge in [0.15, 0.2) is 0 Å². The van der Waals surface area contributed by atoms with Gasteiger partial charge in [-0.3, -0.25) is 9.69 Å². The van der Waals surface area contributed by atoms with Crippen LogP contribution in [0.25, 0.3) is 0 Å². The SMILES string of the molecule is COC[C@@H]1CCN(C(=O)O)[C@@]1(C(N)=O)C(=O)O. The van der Waals surface area contributed by atoms with Crippen LogP contribution in [0.15, 0.2) is 0 Å². The van der Waals surface area contributed by atoms with Gasteiger partial charge in [-0.25, -0.2) is 9.59 Å². The molecule has 2 atom stereocenters. The van der Waals surface area contributed by atoms with Crippen molar-refractivity contribution in [3.63, 3.8) is 0 Å². The molecular weight excluding hydrogens is 232 g/mol. The first-order valence-corrected chi connectivity index (χ1v) is 4.91. The fourth-order valence-corrected chi connectivity index (χ4v) is 2.27. The molecule has 1 heterocycles. The lowest BCUT2D eigenvalue weighted by molar-refractivity contribution is -0.158. The first kappa shape index (κ1) is 13.2. The van der Waals surface area contributed by atoms with Crippen LogP contribution in [0.4, 0.5) is 4.79 Å². The molecule has 1 fully saturated rings. The van der Waals surface area contributed by atoms with E-state index in [-0.39, 0.29) is 19.6 Å². The Balaban J connectivity index is 3.26. The Morgan fingerprint density at radius 3 is 2.41 bits per heavy atom. The standard InChI is InChI=1S/C9H14N2O6/c1-17-4-5-2-3-11(8(15)16)9(5,6(10)12)7(13)14/h5H,2-4H2,1H3,(H2,10,12)(H,13,14)(H,15,16)/t5-,9-/m0/s1. The molecule has 8 nitrogen and oxygen atoms in total. The van der Waals surface area contributed by atoms with Gasteiger partial charge in [0.25, 0.3) is 5.91 Å². The van der Waals surface area contributed by atoms with Crippen molar-refractivity contribution in [1.29, 1.82) is 0 Å². The summed E-state index contributed by atoms with van der Waals surface area (Å²) in [4.78, 5) is 34.3. The van der Waals surface area contributed by atoms with E-state index in [4.69, 9.17) is 15.6 Å². The monoisotopic (exact) mass is 246 g/mol. The Kier molecular flexibility index (Phi) is 3.56. The van der Waals surface area contributed by atoms with E-state index in [9.17, 15) is 19.5 Å². The van der Waals surface area contributed by atoms with Crippen molar-refractivity contribution in [2.45, 2.75) is 12.0 Å². The van der Waals surface area contributed by atoms with E-state index in [1.807, 2.05) is 0 Å². The van der Waals surface area contributed by atoms with Gasteiger partial charge in [0.1, 0.15) is 0 Å². The lowest BCUT2D eigenvalue weighted by Gasteiger charge is -2.33. The summed E-state index contributed by atoms with van der Waals surface area (Å²) >= 11 is 0. The zero-order valence-electron chi connectivity index (χ0n) is 9.25. The first-order chi connectivity index (χ1) is 7.88. The minimum Gasteiger partial charge on any atom is -0.479 e. The second-order valence-electron chi connectivity index (χ2n) is 3.81. The molecule has 2 amide bonds. The van der Waals surface area contributed by atoms with E-state index in [1.54, 1.807) is 0 Å². The first-order valence-electron chi connectivity index (χ1n) is 4.91. The van der Waals surface area contributed by atoms with E-state index in [0.29, 0.717) is 4.90 Å². The van der Waals surface area contributed by atoms with Crippen LogP contribution in [0.1, 0.15) is 6.42 Å². The Hall–Kier alpha value is -1.83. The quantitative estimate of drug-likeness (QED) is 0.542. The van der Waals surface area contributed by atoms with Gasteiger partial charge >= 0.3 is 12.1 Å². The van der Waals surface area contributed by atoms with E-state index in [2.05, 4.69) is 0 Å². The third-order valence-electron chi connectivity index (χ3n) is 3.02. The fourth-order valence-electron chi connectivity index (χ4n) is 2.27. The van der Waals surface area contributed by atoms with Gasteiger partial charge in [-0.05, 0) is 6.42 Å². The highest BCUT2D eigenvalue weighted by molar-refractivity contribution is 6.09. The third kappa shape index (κ3) is 1.80. The van der Waals surface area contributed by atoms with Gasteiger partial charge in [0, 0.05) is 19.6 Å². The molecule has 1 rings (SSSR count). The molecule has 0 bridgehead atoms. The second-order valence-corrected chi connectivity index (χ2v) is 3.81. The molecule has 4 N–H and O–H groups in total. The number of aliphatic carboxylic acids is 1. The summed E-state index contributed by atoms with van der Waals surface area (Å²) in [5, 5.41) is 18.1. The number of carbonyl (C=O) groups excluding carboxylic acids is 1. The summed E-state index contributed by atoms with van der Waals surface area (Å²) in [6.07, 6.45) is -1.26. The number of ether oxygens (including phenoxy) is 1. The number of amides is 2. The van der Waals surface area contributed by atoms with Crippen LogP contribution < -0.4 is 5.73 Å². The average Bonchev–Trinajstić information content (AvgIpc) is 2.58. The van der Waals surface area contributed by atoms with Gasteiger partial charge in [-0.2, -0.15) is 0 Å². The number of hydrogen-bond donors (Lipinski definition) is 3. The van der Waals surface area contributed by atoms with Gasteiger partial charge in [-0.1, -0.05) is 0 Å².